The minimum atomic E-state index is -0.270. The molecule has 2 aromatic carbocycles. The third-order valence-electron chi connectivity index (χ3n) is 4.13. The van der Waals surface area contributed by atoms with E-state index in [-0.39, 0.29) is 6.10 Å². The fourth-order valence-corrected chi connectivity index (χ4v) is 2.93. The first-order valence-corrected chi connectivity index (χ1v) is 7.55. The highest BCUT2D eigenvalue weighted by atomic mass is 16.3. The van der Waals surface area contributed by atoms with E-state index in [4.69, 9.17) is 0 Å². The Morgan fingerprint density at radius 2 is 1.91 bits per heavy atom. The quantitative estimate of drug-likeness (QED) is 0.789. The number of anilines is 1. The molecule has 0 radical (unpaired) electrons. The van der Waals surface area contributed by atoms with E-state index in [1.54, 1.807) is 6.20 Å². The van der Waals surface area contributed by atoms with Gasteiger partial charge in [0, 0.05) is 24.8 Å². The summed E-state index contributed by atoms with van der Waals surface area (Å²) in [6.07, 6.45) is 2.30. The molecule has 1 aromatic heterocycles. The maximum atomic E-state index is 9.67. The molecule has 1 N–H and O–H groups in total. The number of nitrogens with zero attached hydrogens (tertiary/aromatic N) is 3. The molecule has 4 heteroatoms. The van der Waals surface area contributed by atoms with Crippen molar-refractivity contribution in [3.63, 3.8) is 0 Å². The number of aromatic nitrogens is 2. The van der Waals surface area contributed by atoms with Crippen LogP contribution in [0.4, 0.5) is 5.95 Å². The second-order valence-corrected chi connectivity index (χ2v) is 5.69. The number of aliphatic hydroxyl groups excluding tert-OH is 1. The highest BCUT2D eigenvalue weighted by Gasteiger charge is 2.22. The Morgan fingerprint density at radius 3 is 2.73 bits per heavy atom. The lowest BCUT2D eigenvalue weighted by Gasteiger charge is -2.15. The van der Waals surface area contributed by atoms with Crippen molar-refractivity contribution in [1.82, 2.24) is 9.97 Å². The van der Waals surface area contributed by atoms with E-state index in [0.717, 1.165) is 24.2 Å². The predicted octanol–water partition coefficient (Wildman–Crippen LogP) is 2.87. The minimum Gasteiger partial charge on any atom is -0.391 e. The predicted molar refractivity (Wildman–Crippen MR) is 87.8 cm³/mol. The molecule has 1 aliphatic heterocycles. The van der Waals surface area contributed by atoms with Gasteiger partial charge in [0.1, 0.15) is 0 Å². The van der Waals surface area contributed by atoms with Gasteiger partial charge in [0.25, 0.3) is 0 Å². The summed E-state index contributed by atoms with van der Waals surface area (Å²) in [6, 6.07) is 16.6. The third kappa shape index (κ3) is 2.42. The Balaban J connectivity index is 1.71. The van der Waals surface area contributed by atoms with Crippen LogP contribution < -0.4 is 4.90 Å². The maximum Gasteiger partial charge on any atom is 0.225 e. The zero-order valence-electron chi connectivity index (χ0n) is 12.2. The van der Waals surface area contributed by atoms with Crippen LogP contribution in [0.3, 0.4) is 0 Å². The fourth-order valence-electron chi connectivity index (χ4n) is 2.93. The summed E-state index contributed by atoms with van der Waals surface area (Å²) in [4.78, 5) is 11.1. The fraction of sp³-hybridized carbons (Fsp3) is 0.222. The first-order valence-electron chi connectivity index (χ1n) is 7.55. The largest absolute Gasteiger partial charge is 0.391 e. The molecule has 0 spiro atoms. The molecule has 0 bridgehead atoms. The van der Waals surface area contributed by atoms with Gasteiger partial charge in [-0.15, -0.1) is 0 Å². The Bertz CT molecular complexity index is 818. The topological polar surface area (TPSA) is 49.2 Å². The van der Waals surface area contributed by atoms with Crippen LogP contribution in [0.25, 0.3) is 22.0 Å². The van der Waals surface area contributed by atoms with E-state index in [1.165, 1.54) is 10.8 Å². The normalized spacial score (nSPS) is 18.0. The lowest BCUT2D eigenvalue weighted by atomic mass is 10.1. The number of rotatable bonds is 2. The molecule has 1 fully saturated rings. The number of fused-ring (bicyclic) bond motifs is 1. The van der Waals surface area contributed by atoms with E-state index in [1.807, 2.05) is 23.1 Å². The number of β-amino-alcohol motifs (C(OH)–C–C–N with tert-alkyl or cyclic N) is 1. The van der Waals surface area contributed by atoms with Crippen molar-refractivity contribution in [1.29, 1.82) is 0 Å². The standard InChI is InChI=1S/C18H17N3O/c22-16-8-10-21(12-16)18-19-9-7-17(20-18)15-6-5-13-3-1-2-4-14(13)11-15/h1-7,9,11,16,22H,8,10,12H2/t16-/m0/s1. The van der Waals surface area contributed by atoms with Gasteiger partial charge in [-0.2, -0.15) is 0 Å². The smallest absolute Gasteiger partial charge is 0.225 e. The van der Waals surface area contributed by atoms with Gasteiger partial charge in [0.15, 0.2) is 0 Å². The van der Waals surface area contributed by atoms with Gasteiger partial charge < -0.3 is 10.0 Å². The summed E-state index contributed by atoms with van der Waals surface area (Å²) < 4.78 is 0. The summed E-state index contributed by atoms with van der Waals surface area (Å²) in [7, 11) is 0. The Labute approximate surface area is 129 Å². The van der Waals surface area contributed by atoms with Gasteiger partial charge in [0.2, 0.25) is 5.95 Å². The molecular formula is C18H17N3O. The Kier molecular flexibility index (Phi) is 3.24. The molecule has 110 valence electrons. The van der Waals surface area contributed by atoms with E-state index < -0.39 is 0 Å². The highest BCUT2D eigenvalue weighted by Crippen LogP contribution is 2.25. The number of hydrogen-bond donors (Lipinski definition) is 1. The van der Waals surface area contributed by atoms with Crippen molar-refractivity contribution in [2.24, 2.45) is 0 Å². The second-order valence-electron chi connectivity index (χ2n) is 5.69. The van der Waals surface area contributed by atoms with Crippen molar-refractivity contribution in [3.05, 3.63) is 54.7 Å². The van der Waals surface area contributed by atoms with Crippen LogP contribution in [0.15, 0.2) is 54.7 Å². The van der Waals surface area contributed by atoms with Gasteiger partial charge in [0.05, 0.1) is 11.8 Å². The van der Waals surface area contributed by atoms with Gasteiger partial charge >= 0.3 is 0 Å². The van der Waals surface area contributed by atoms with Crippen LogP contribution in [-0.4, -0.2) is 34.3 Å². The summed E-state index contributed by atoms with van der Waals surface area (Å²) in [6.45, 7) is 1.42. The van der Waals surface area contributed by atoms with Crippen LogP contribution in [0.1, 0.15) is 6.42 Å². The summed E-state index contributed by atoms with van der Waals surface area (Å²) in [5.74, 6) is 0.696. The minimum absolute atomic E-state index is 0.270. The molecule has 2 heterocycles. The molecule has 3 aromatic rings. The highest BCUT2D eigenvalue weighted by molar-refractivity contribution is 5.86. The molecule has 1 atom stereocenters. The van der Waals surface area contributed by atoms with E-state index in [0.29, 0.717) is 12.5 Å². The lowest BCUT2D eigenvalue weighted by Crippen LogP contribution is -2.23. The molecule has 0 saturated carbocycles. The zero-order chi connectivity index (χ0) is 14.9. The number of aliphatic hydroxyl groups is 1. The van der Waals surface area contributed by atoms with Crippen LogP contribution in [0, 0.1) is 0 Å². The maximum absolute atomic E-state index is 9.67. The van der Waals surface area contributed by atoms with Crippen molar-refractivity contribution in [3.8, 4) is 11.3 Å². The van der Waals surface area contributed by atoms with E-state index in [2.05, 4.69) is 40.3 Å². The average Bonchev–Trinajstić information content (AvgIpc) is 3.01. The molecule has 22 heavy (non-hydrogen) atoms. The molecule has 4 nitrogen and oxygen atoms in total. The van der Waals surface area contributed by atoms with Crippen molar-refractivity contribution >= 4 is 16.7 Å². The van der Waals surface area contributed by atoms with E-state index >= 15 is 0 Å². The number of hydrogen-bond acceptors (Lipinski definition) is 4. The molecule has 1 aliphatic rings. The SMILES string of the molecule is O[C@H]1CCN(c2nccc(-c3ccc4ccccc4c3)n2)C1. The summed E-state index contributed by atoms with van der Waals surface area (Å²) in [5, 5.41) is 12.1. The molecule has 0 unspecified atom stereocenters. The lowest BCUT2D eigenvalue weighted by molar-refractivity contribution is 0.198. The van der Waals surface area contributed by atoms with Crippen LogP contribution in [-0.2, 0) is 0 Å². The second kappa shape index (κ2) is 5.39. The van der Waals surface area contributed by atoms with Crippen LogP contribution >= 0.6 is 0 Å². The molecular weight excluding hydrogens is 274 g/mol. The Morgan fingerprint density at radius 1 is 1.05 bits per heavy atom. The molecule has 1 saturated heterocycles. The molecule has 4 rings (SSSR count). The zero-order valence-corrected chi connectivity index (χ0v) is 12.2. The third-order valence-corrected chi connectivity index (χ3v) is 4.13. The first kappa shape index (κ1) is 13.2. The van der Waals surface area contributed by atoms with Crippen LogP contribution in [0.5, 0.6) is 0 Å². The van der Waals surface area contributed by atoms with Crippen molar-refractivity contribution in [2.45, 2.75) is 12.5 Å². The molecule has 0 amide bonds. The summed E-state index contributed by atoms with van der Waals surface area (Å²) in [5.41, 5.74) is 2.00. The van der Waals surface area contributed by atoms with Crippen LogP contribution in [0.2, 0.25) is 0 Å². The van der Waals surface area contributed by atoms with E-state index in [9.17, 15) is 5.11 Å². The van der Waals surface area contributed by atoms with Gasteiger partial charge in [-0.25, -0.2) is 9.97 Å². The van der Waals surface area contributed by atoms with Gasteiger partial charge in [-0.05, 0) is 29.3 Å². The van der Waals surface area contributed by atoms with Gasteiger partial charge in [-0.1, -0.05) is 36.4 Å². The number of benzene rings is 2. The van der Waals surface area contributed by atoms with Gasteiger partial charge in [-0.3, -0.25) is 0 Å². The summed E-state index contributed by atoms with van der Waals surface area (Å²) >= 11 is 0. The average molecular weight is 291 g/mol. The van der Waals surface area contributed by atoms with Crippen molar-refractivity contribution in [2.75, 3.05) is 18.0 Å². The monoisotopic (exact) mass is 291 g/mol. The first-order chi connectivity index (χ1) is 10.8. The van der Waals surface area contributed by atoms with Crippen molar-refractivity contribution < 1.29 is 5.11 Å². The Hall–Kier alpha value is -2.46. The molecule has 0 aliphatic carbocycles.